The SMILES string of the molecule is C.CC(=O)C1CCC1=O.CCC(C)=O.COC(C)=O.C[O-].O=C1CC1.[Na+].[Na+].[OH-]. The summed E-state index contributed by atoms with van der Waals surface area (Å²) < 4.78 is 4.11. The molecule has 2 fully saturated rings. The fourth-order valence-corrected chi connectivity index (χ4v) is 0.888. The summed E-state index contributed by atoms with van der Waals surface area (Å²) in [6.07, 6.45) is 3.76. The molecule has 0 bridgehead atoms. The first-order valence-corrected chi connectivity index (χ1v) is 7.65. The Morgan fingerprint density at radius 2 is 1.29 bits per heavy atom. The van der Waals surface area contributed by atoms with Gasteiger partial charge in [-0.3, -0.25) is 19.2 Å². The maximum Gasteiger partial charge on any atom is 1.00 e. The molecule has 0 radical (unpaired) electrons. The molecule has 10 heteroatoms. The van der Waals surface area contributed by atoms with Crippen molar-refractivity contribution < 1.29 is 98.4 Å². The van der Waals surface area contributed by atoms with Crippen LogP contribution in [-0.2, 0) is 28.7 Å². The van der Waals surface area contributed by atoms with Crippen LogP contribution in [0, 0.1) is 5.92 Å². The minimum Gasteiger partial charge on any atom is -0.870 e. The summed E-state index contributed by atoms with van der Waals surface area (Å²) in [5, 5.41) is 8.25. The second-order valence-electron chi connectivity index (χ2n) is 4.96. The first kappa shape index (κ1) is 46.3. The molecule has 0 aliphatic heterocycles. The molecule has 0 spiro atoms. The molecule has 1 N–H and O–H groups in total. The van der Waals surface area contributed by atoms with E-state index in [4.69, 9.17) is 5.11 Å². The molecule has 1 unspecified atom stereocenters. The van der Waals surface area contributed by atoms with Crippen LogP contribution in [0.2, 0.25) is 0 Å². The molecule has 0 heterocycles. The van der Waals surface area contributed by atoms with E-state index >= 15 is 0 Å². The van der Waals surface area contributed by atoms with E-state index in [1.54, 1.807) is 6.92 Å². The summed E-state index contributed by atoms with van der Waals surface area (Å²) in [5.74, 6) is 0.351. The van der Waals surface area contributed by atoms with Gasteiger partial charge in [0.05, 0.1) is 13.0 Å². The number of carbonyl (C=O) groups is 5. The summed E-state index contributed by atoms with van der Waals surface area (Å²) in [4.78, 5) is 49.8. The minimum absolute atomic E-state index is 0. The van der Waals surface area contributed by atoms with Gasteiger partial charge in [0.15, 0.2) is 0 Å². The van der Waals surface area contributed by atoms with Gasteiger partial charge in [0.1, 0.15) is 23.1 Å². The number of hydrogen-bond acceptors (Lipinski definition) is 8. The van der Waals surface area contributed by atoms with Gasteiger partial charge in [0, 0.05) is 32.6 Å². The normalized spacial score (nSPS) is 13.6. The Kier molecular flexibility index (Phi) is 52.5. The molecule has 2 saturated carbocycles. The molecular weight excluding hydrogens is 390 g/mol. The quantitative estimate of drug-likeness (QED) is 0.245. The van der Waals surface area contributed by atoms with Gasteiger partial charge in [-0.25, -0.2) is 0 Å². The molecule has 2 aliphatic rings. The summed E-state index contributed by atoms with van der Waals surface area (Å²) in [6, 6.07) is 0. The van der Waals surface area contributed by atoms with Crippen LogP contribution >= 0.6 is 0 Å². The van der Waals surface area contributed by atoms with E-state index in [2.05, 4.69) is 4.74 Å². The molecular formula is C18H34Na2O8. The third-order valence-corrected chi connectivity index (χ3v) is 2.80. The van der Waals surface area contributed by atoms with Crippen molar-refractivity contribution in [3.8, 4) is 0 Å². The van der Waals surface area contributed by atoms with Crippen molar-refractivity contribution in [2.45, 2.75) is 67.2 Å². The first-order chi connectivity index (χ1) is 11.1. The second kappa shape index (κ2) is 31.8. The van der Waals surface area contributed by atoms with Gasteiger partial charge in [-0.2, -0.15) is 7.11 Å². The van der Waals surface area contributed by atoms with E-state index in [9.17, 15) is 24.0 Å². The molecule has 28 heavy (non-hydrogen) atoms. The minimum atomic E-state index is -0.245. The largest absolute Gasteiger partial charge is 1.00 e. The van der Waals surface area contributed by atoms with Crippen LogP contribution in [0.3, 0.4) is 0 Å². The zero-order chi connectivity index (χ0) is 19.7. The van der Waals surface area contributed by atoms with Gasteiger partial charge in [0.2, 0.25) is 0 Å². The van der Waals surface area contributed by atoms with Gasteiger partial charge in [-0.05, 0) is 20.3 Å². The molecule has 1 atom stereocenters. The Balaban J connectivity index is -0.0000000400. The van der Waals surface area contributed by atoms with Crippen molar-refractivity contribution in [2.24, 2.45) is 5.92 Å². The Morgan fingerprint density at radius 3 is 1.29 bits per heavy atom. The van der Waals surface area contributed by atoms with Crippen LogP contribution in [0.5, 0.6) is 0 Å². The average molecular weight is 424 g/mol. The average Bonchev–Trinajstić information content (AvgIpc) is 3.31. The fourth-order valence-electron chi connectivity index (χ4n) is 0.888. The molecule has 8 nitrogen and oxygen atoms in total. The predicted octanol–water partition coefficient (Wildman–Crippen LogP) is -4.49. The van der Waals surface area contributed by atoms with Gasteiger partial charge in [0.25, 0.3) is 0 Å². The Bertz CT molecular complexity index is 398. The number of ketones is 4. The number of methoxy groups -OCH3 is 1. The van der Waals surface area contributed by atoms with E-state index in [-0.39, 0.29) is 101 Å². The summed E-state index contributed by atoms with van der Waals surface area (Å²) in [7, 11) is 2.10. The molecule has 0 amide bonds. The number of hydrogen-bond donors (Lipinski definition) is 0. The second-order valence-corrected chi connectivity index (χ2v) is 4.96. The molecule has 2 aliphatic carbocycles. The summed E-state index contributed by atoms with van der Waals surface area (Å²) in [6.45, 7) is 6.27. The van der Waals surface area contributed by atoms with Gasteiger partial charge < -0.3 is 20.1 Å². The van der Waals surface area contributed by atoms with Gasteiger partial charge in [-0.15, -0.1) is 0 Å². The zero-order valence-corrected chi connectivity index (χ0v) is 21.9. The number of rotatable bonds is 2. The topological polar surface area (TPSA) is 148 Å². The predicted molar refractivity (Wildman–Crippen MR) is 95.9 cm³/mol. The third-order valence-electron chi connectivity index (χ3n) is 2.80. The molecule has 156 valence electrons. The van der Waals surface area contributed by atoms with Crippen molar-refractivity contribution in [3.05, 3.63) is 0 Å². The molecule has 2 rings (SSSR count). The van der Waals surface area contributed by atoms with Crippen LogP contribution in [0.25, 0.3) is 0 Å². The maximum absolute atomic E-state index is 10.5. The Labute approximate surface area is 213 Å². The Morgan fingerprint density at radius 1 is 1.00 bits per heavy atom. The third kappa shape index (κ3) is 40.7. The van der Waals surface area contributed by atoms with Crippen molar-refractivity contribution in [2.75, 3.05) is 14.2 Å². The number of Topliss-reactive ketones (excluding diaryl/α,β-unsaturated/α-hetero) is 4. The van der Waals surface area contributed by atoms with Gasteiger partial charge in [-0.1, -0.05) is 14.4 Å². The summed E-state index contributed by atoms with van der Waals surface area (Å²) >= 11 is 0. The zero-order valence-electron chi connectivity index (χ0n) is 17.9. The van der Waals surface area contributed by atoms with E-state index < -0.39 is 0 Å². The number of ether oxygens (including phenoxy) is 1. The van der Waals surface area contributed by atoms with Crippen molar-refractivity contribution >= 4 is 29.1 Å². The van der Waals surface area contributed by atoms with Crippen LogP contribution in [0.4, 0.5) is 0 Å². The number of esters is 1. The molecule has 0 aromatic heterocycles. The van der Waals surface area contributed by atoms with Crippen molar-refractivity contribution in [1.29, 1.82) is 0 Å². The van der Waals surface area contributed by atoms with Crippen molar-refractivity contribution in [3.63, 3.8) is 0 Å². The smallest absolute Gasteiger partial charge is 0.870 e. The van der Waals surface area contributed by atoms with E-state index in [0.717, 1.165) is 26.4 Å². The van der Waals surface area contributed by atoms with Gasteiger partial charge >= 0.3 is 65.1 Å². The Hall–Kier alpha value is 0.0700. The molecule has 0 saturated heterocycles. The van der Waals surface area contributed by atoms with Crippen molar-refractivity contribution in [1.82, 2.24) is 0 Å². The monoisotopic (exact) mass is 424 g/mol. The number of carbonyl (C=O) groups excluding carboxylic acids is 5. The molecule has 0 aromatic carbocycles. The van der Waals surface area contributed by atoms with E-state index in [0.29, 0.717) is 18.6 Å². The maximum atomic E-state index is 10.5. The van der Waals surface area contributed by atoms with E-state index in [1.165, 1.54) is 21.0 Å². The van der Waals surface area contributed by atoms with Crippen LogP contribution < -0.4 is 64.2 Å². The van der Waals surface area contributed by atoms with E-state index in [1.807, 2.05) is 6.92 Å². The summed E-state index contributed by atoms with van der Waals surface area (Å²) in [5.41, 5.74) is 0. The standard InChI is InChI=1S/C6H8O2.C4H8O.C3H6O2.C3H4O.CH3O.CH4.2Na.H2O/c1-4(7)5-2-3-6(5)8;1-3-4(2)5;1-3(4)5-2;4-3-1-2-3;1-2;;;;/h5H,2-3H2,1H3;3H2,1-2H3;1-2H3;1-2H2;1H3;1H4;;;1H2/q;;;;-1;;2*+1;/p-1. The van der Waals surface area contributed by atoms with Crippen LogP contribution in [0.1, 0.15) is 67.2 Å². The first-order valence-electron chi connectivity index (χ1n) is 7.65. The molecule has 0 aromatic rings. The van der Waals surface area contributed by atoms with Crippen LogP contribution in [0.15, 0.2) is 0 Å². The fraction of sp³-hybridized carbons (Fsp3) is 0.722. The van der Waals surface area contributed by atoms with Crippen LogP contribution in [-0.4, -0.2) is 48.8 Å².